The van der Waals surface area contributed by atoms with Gasteiger partial charge in [-0.25, -0.2) is 0 Å². The van der Waals surface area contributed by atoms with Gasteiger partial charge in [0.15, 0.2) is 5.69 Å². The Morgan fingerprint density at radius 3 is 2.61 bits per heavy atom. The number of alkyl halides is 3. The summed E-state index contributed by atoms with van der Waals surface area (Å²) < 4.78 is 38.7. The van der Waals surface area contributed by atoms with E-state index in [1.54, 1.807) is 11.0 Å². The third kappa shape index (κ3) is 3.95. The zero-order chi connectivity index (χ0) is 19.0. The summed E-state index contributed by atoms with van der Waals surface area (Å²) in [6.07, 6.45) is -3.54. The molecule has 0 spiro atoms. The number of nitrogens with zero attached hydrogens (tertiary/aromatic N) is 3. The molecule has 3 heterocycles. The molecule has 28 heavy (non-hydrogen) atoms. The molecule has 1 fully saturated rings. The SMILES string of the molecule is Cl.O=C(c1n[nH]c2c1CNCC2)N1CCN(c2cccc(C(F)(F)F)c2)CC1. The fourth-order valence-corrected chi connectivity index (χ4v) is 3.60. The number of carbonyl (C=O) groups excluding carboxylic acids is 1. The quantitative estimate of drug-likeness (QED) is 0.791. The van der Waals surface area contributed by atoms with E-state index in [0.717, 1.165) is 36.4 Å². The molecule has 0 bridgehead atoms. The zero-order valence-electron chi connectivity index (χ0n) is 15.1. The Balaban J connectivity index is 0.00000225. The van der Waals surface area contributed by atoms with Gasteiger partial charge >= 0.3 is 6.18 Å². The van der Waals surface area contributed by atoms with Crippen molar-refractivity contribution in [2.24, 2.45) is 0 Å². The number of rotatable bonds is 2. The Bertz CT molecular complexity index is 846. The maximum atomic E-state index is 12.9. The highest BCUT2D eigenvalue weighted by atomic mass is 35.5. The van der Waals surface area contributed by atoms with Gasteiger partial charge in [-0.1, -0.05) is 6.07 Å². The van der Waals surface area contributed by atoms with Crippen LogP contribution in [-0.2, 0) is 19.1 Å². The van der Waals surface area contributed by atoms with E-state index in [1.165, 1.54) is 6.07 Å². The molecular formula is C18H21ClF3N5O. The number of halogens is 4. The molecule has 0 unspecified atom stereocenters. The summed E-state index contributed by atoms with van der Waals surface area (Å²) >= 11 is 0. The van der Waals surface area contributed by atoms with Gasteiger partial charge in [-0.3, -0.25) is 9.89 Å². The van der Waals surface area contributed by atoms with Gasteiger partial charge in [0, 0.05) is 62.6 Å². The van der Waals surface area contributed by atoms with Crippen LogP contribution in [0.4, 0.5) is 18.9 Å². The Morgan fingerprint density at radius 1 is 1.14 bits per heavy atom. The van der Waals surface area contributed by atoms with E-state index in [4.69, 9.17) is 0 Å². The van der Waals surface area contributed by atoms with E-state index in [1.807, 2.05) is 4.90 Å². The molecule has 0 saturated carbocycles. The van der Waals surface area contributed by atoms with Gasteiger partial charge in [-0.2, -0.15) is 18.3 Å². The van der Waals surface area contributed by atoms with Crippen molar-refractivity contribution in [1.82, 2.24) is 20.4 Å². The number of benzene rings is 1. The predicted molar refractivity (Wildman–Crippen MR) is 101 cm³/mol. The van der Waals surface area contributed by atoms with Gasteiger partial charge in [-0.15, -0.1) is 12.4 Å². The van der Waals surface area contributed by atoms with Crippen LogP contribution >= 0.6 is 12.4 Å². The summed E-state index contributed by atoms with van der Waals surface area (Å²) in [6.45, 7) is 3.35. The van der Waals surface area contributed by atoms with Crippen molar-refractivity contribution in [3.8, 4) is 0 Å². The van der Waals surface area contributed by atoms with E-state index < -0.39 is 11.7 Å². The van der Waals surface area contributed by atoms with E-state index in [2.05, 4.69) is 15.5 Å². The van der Waals surface area contributed by atoms with Gasteiger partial charge in [0.05, 0.1) is 5.56 Å². The average Bonchev–Trinajstić information content (AvgIpc) is 3.11. The number of H-pyrrole nitrogens is 1. The maximum Gasteiger partial charge on any atom is 0.416 e. The molecule has 1 saturated heterocycles. The average molecular weight is 416 g/mol. The molecule has 2 aliphatic heterocycles. The van der Waals surface area contributed by atoms with Crippen LogP contribution in [0.15, 0.2) is 24.3 Å². The molecule has 1 aromatic heterocycles. The van der Waals surface area contributed by atoms with Crippen molar-refractivity contribution < 1.29 is 18.0 Å². The van der Waals surface area contributed by atoms with Crippen molar-refractivity contribution >= 4 is 24.0 Å². The highest BCUT2D eigenvalue weighted by molar-refractivity contribution is 5.94. The highest BCUT2D eigenvalue weighted by Crippen LogP contribution is 2.32. The molecule has 4 rings (SSSR count). The van der Waals surface area contributed by atoms with Gasteiger partial charge < -0.3 is 15.1 Å². The molecule has 0 atom stereocenters. The summed E-state index contributed by atoms with van der Waals surface area (Å²) in [4.78, 5) is 16.4. The van der Waals surface area contributed by atoms with E-state index >= 15 is 0 Å². The highest BCUT2D eigenvalue weighted by Gasteiger charge is 2.32. The second kappa shape index (κ2) is 8.00. The lowest BCUT2D eigenvalue weighted by Crippen LogP contribution is -2.49. The fraction of sp³-hybridized carbons (Fsp3) is 0.444. The van der Waals surface area contributed by atoms with E-state index in [0.29, 0.717) is 44.1 Å². The smallest absolute Gasteiger partial charge is 0.368 e. The van der Waals surface area contributed by atoms with Gasteiger partial charge in [-0.05, 0) is 18.2 Å². The number of hydrogen-bond acceptors (Lipinski definition) is 4. The minimum atomic E-state index is -4.36. The first-order valence-electron chi connectivity index (χ1n) is 8.92. The Labute approximate surface area is 166 Å². The monoisotopic (exact) mass is 415 g/mol. The summed E-state index contributed by atoms with van der Waals surface area (Å²) in [5, 5.41) is 10.4. The molecule has 2 aliphatic rings. The normalized spacial score (nSPS) is 17.1. The number of piperazine rings is 1. The number of amides is 1. The van der Waals surface area contributed by atoms with Crippen molar-refractivity contribution in [2.45, 2.75) is 19.1 Å². The molecule has 1 amide bonds. The second-order valence-corrected chi connectivity index (χ2v) is 6.78. The number of fused-ring (bicyclic) bond motifs is 1. The first-order chi connectivity index (χ1) is 12.9. The van der Waals surface area contributed by atoms with Crippen LogP contribution in [0.5, 0.6) is 0 Å². The molecule has 0 radical (unpaired) electrons. The lowest BCUT2D eigenvalue weighted by Gasteiger charge is -2.36. The Hall–Kier alpha value is -2.26. The topological polar surface area (TPSA) is 64.3 Å². The number of carbonyl (C=O) groups is 1. The molecule has 6 nitrogen and oxygen atoms in total. The lowest BCUT2D eigenvalue weighted by atomic mass is 10.1. The van der Waals surface area contributed by atoms with Crippen molar-refractivity contribution in [2.75, 3.05) is 37.6 Å². The molecule has 10 heteroatoms. The van der Waals surface area contributed by atoms with Crippen LogP contribution in [0, 0.1) is 0 Å². The molecule has 2 aromatic rings. The van der Waals surface area contributed by atoms with Crippen molar-refractivity contribution in [3.05, 3.63) is 46.8 Å². The Kier molecular flexibility index (Phi) is 5.85. The minimum Gasteiger partial charge on any atom is -0.368 e. The second-order valence-electron chi connectivity index (χ2n) is 6.78. The number of aromatic amines is 1. The van der Waals surface area contributed by atoms with Gasteiger partial charge in [0.1, 0.15) is 0 Å². The van der Waals surface area contributed by atoms with Crippen LogP contribution in [0.3, 0.4) is 0 Å². The standard InChI is InChI=1S/C18H20F3N5O.ClH/c19-18(20,21)12-2-1-3-13(10-12)25-6-8-26(9-7-25)17(27)16-14-11-22-5-4-15(14)23-24-16;/h1-3,10,22H,4-9,11H2,(H,23,24);1H. The summed E-state index contributed by atoms with van der Waals surface area (Å²) in [7, 11) is 0. The Morgan fingerprint density at radius 2 is 1.89 bits per heavy atom. The van der Waals surface area contributed by atoms with Crippen LogP contribution < -0.4 is 10.2 Å². The van der Waals surface area contributed by atoms with Crippen LogP contribution in [0.2, 0.25) is 0 Å². The third-order valence-electron chi connectivity index (χ3n) is 5.11. The number of anilines is 1. The van der Waals surface area contributed by atoms with E-state index in [-0.39, 0.29) is 18.3 Å². The van der Waals surface area contributed by atoms with Crippen LogP contribution in [-0.4, -0.2) is 53.7 Å². The molecular weight excluding hydrogens is 395 g/mol. The maximum absolute atomic E-state index is 12.9. The summed E-state index contributed by atoms with van der Waals surface area (Å²) in [6, 6.07) is 5.31. The summed E-state index contributed by atoms with van der Waals surface area (Å²) in [5.41, 5.74) is 2.24. The molecule has 0 aliphatic carbocycles. The number of hydrogen-bond donors (Lipinski definition) is 2. The molecule has 1 aromatic carbocycles. The van der Waals surface area contributed by atoms with Crippen LogP contribution in [0.25, 0.3) is 0 Å². The first kappa shape index (κ1) is 20.5. The lowest BCUT2D eigenvalue weighted by molar-refractivity contribution is -0.137. The largest absolute Gasteiger partial charge is 0.416 e. The molecule has 152 valence electrons. The van der Waals surface area contributed by atoms with Gasteiger partial charge in [0.2, 0.25) is 0 Å². The number of nitrogens with one attached hydrogen (secondary N) is 2. The number of aromatic nitrogens is 2. The molecule has 2 N–H and O–H groups in total. The first-order valence-corrected chi connectivity index (χ1v) is 8.92. The van der Waals surface area contributed by atoms with Crippen LogP contribution in [0.1, 0.15) is 27.3 Å². The van der Waals surface area contributed by atoms with Gasteiger partial charge in [0.25, 0.3) is 5.91 Å². The van der Waals surface area contributed by atoms with Crippen molar-refractivity contribution in [3.63, 3.8) is 0 Å². The van der Waals surface area contributed by atoms with Crippen molar-refractivity contribution in [1.29, 1.82) is 0 Å². The zero-order valence-corrected chi connectivity index (χ0v) is 15.9. The summed E-state index contributed by atoms with van der Waals surface area (Å²) in [5.74, 6) is -0.125. The van der Waals surface area contributed by atoms with E-state index in [9.17, 15) is 18.0 Å². The minimum absolute atomic E-state index is 0. The third-order valence-corrected chi connectivity index (χ3v) is 5.11. The predicted octanol–water partition coefficient (Wildman–Crippen LogP) is 2.46. The fourth-order valence-electron chi connectivity index (χ4n) is 3.60.